The van der Waals surface area contributed by atoms with E-state index in [1.54, 1.807) is 0 Å². The number of benzene rings is 2. The summed E-state index contributed by atoms with van der Waals surface area (Å²) >= 11 is 0. The average molecular weight is 687 g/mol. The SMILES string of the molecule is N#CC(=C1C(=C(/C#N)c2c(F)c(F)c(C(F)(F)F)c(F)c2F)/C1=C(/C#N)c1c(F)c(F)c(C(F)(F)F)c(F)c1F)c1ccnc(C#N)c1. The van der Waals surface area contributed by atoms with Gasteiger partial charge in [0.2, 0.25) is 0 Å². The second-order valence-electron chi connectivity index (χ2n) is 9.13. The topological polar surface area (TPSA) is 108 Å². The third-order valence-corrected chi connectivity index (χ3v) is 6.53. The molecule has 1 aliphatic carbocycles. The van der Waals surface area contributed by atoms with Gasteiger partial charge in [-0.3, -0.25) is 0 Å². The van der Waals surface area contributed by atoms with Crippen LogP contribution in [0, 0.1) is 91.9 Å². The number of rotatable bonds is 3. The zero-order chi connectivity index (χ0) is 36.2. The fraction of sp³-hybridized carbons (Fsp3) is 0.0690. The van der Waals surface area contributed by atoms with Crippen LogP contribution in [0.3, 0.4) is 0 Å². The number of pyridine rings is 1. The van der Waals surface area contributed by atoms with Crippen LogP contribution in [0.2, 0.25) is 0 Å². The minimum atomic E-state index is -6.06. The van der Waals surface area contributed by atoms with E-state index in [0.29, 0.717) is 0 Å². The molecule has 0 spiro atoms. The largest absolute Gasteiger partial charge is 0.422 e. The van der Waals surface area contributed by atoms with Crippen molar-refractivity contribution in [2.45, 2.75) is 12.4 Å². The van der Waals surface area contributed by atoms with Gasteiger partial charge in [0.05, 0.1) is 27.8 Å². The van der Waals surface area contributed by atoms with Crippen LogP contribution in [0.4, 0.5) is 61.5 Å². The summed E-state index contributed by atoms with van der Waals surface area (Å²) in [6.07, 6.45) is -11.3. The highest BCUT2D eigenvalue weighted by atomic mass is 19.4. The zero-order valence-corrected chi connectivity index (χ0v) is 22.3. The Bertz CT molecular complexity index is 2060. The Balaban J connectivity index is 2.29. The Hall–Kier alpha value is -6.21. The number of nitrogens with zero attached hydrogens (tertiary/aromatic N) is 5. The lowest BCUT2D eigenvalue weighted by molar-refractivity contribution is -0.144. The van der Waals surface area contributed by atoms with Crippen molar-refractivity contribution in [3.8, 4) is 24.3 Å². The lowest BCUT2D eigenvalue weighted by Crippen LogP contribution is -2.17. The molecule has 1 heterocycles. The van der Waals surface area contributed by atoms with E-state index in [0.717, 1.165) is 30.5 Å². The molecule has 0 radical (unpaired) electrons. The maximum atomic E-state index is 15.0. The molecule has 0 unspecified atom stereocenters. The van der Waals surface area contributed by atoms with Crippen molar-refractivity contribution in [3.05, 3.63) is 115 Å². The van der Waals surface area contributed by atoms with Gasteiger partial charge < -0.3 is 0 Å². The van der Waals surface area contributed by atoms with E-state index in [2.05, 4.69) is 4.98 Å². The van der Waals surface area contributed by atoms with Crippen molar-refractivity contribution < 1.29 is 61.5 Å². The molecule has 0 amide bonds. The molecule has 1 saturated carbocycles. The number of hydrogen-bond acceptors (Lipinski definition) is 5. The number of halogens is 14. The van der Waals surface area contributed by atoms with E-state index < -0.39 is 126 Å². The number of hydrogen-bond donors (Lipinski definition) is 0. The average Bonchev–Trinajstić information content (AvgIpc) is 3.72. The van der Waals surface area contributed by atoms with Crippen LogP contribution in [0.5, 0.6) is 0 Å². The Morgan fingerprint density at radius 2 is 0.854 bits per heavy atom. The van der Waals surface area contributed by atoms with Gasteiger partial charge in [0.1, 0.15) is 41.1 Å². The summed E-state index contributed by atoms with van der Waals surface area (Å²) in [6.45, 7) is 0. The van der Waals surface area contributed by atoms with E-state index >= 15 is 17.6 Å². The molecule has 1 aliphatic rings. The minimum absolute atomic E-state index is 0.447. The normalized spacial score (nSPS) is 16.0. The van der Waals surface area contributed by atoms with Crippen molar-refractivity contribution in [1.82, 2.24) is 4.98 Å². The maximum absolute atomic E-state index is 15.0. The molecule has 0 atom stereocenters. The number of nitriles is 4. The van der Waals surface area contributed by atoms with Crippen molar-refractivity contribution in [1.29, 1.82) is 21.0 Å². The molecule has 48 heavy (non-hydrogen) atoms. The lowest BCUT2D eigenvalue weighted by atomic mass is 9.98. The summed E-state index contributed by atoms with van der Waals surface area (Å²) in [7, 11) is 0. The van der Waals surface area contributed by atoms with Gasteiger partial charge >= 0.3 is 12.4 Å². The molecule has 19 heteroatoms. The highest BCUT2D eigenvalue weighted by molar-refractivity contribution is 6.12. The molecular weight excluding hydrogens is 684 g/mol. The monoisotopic (exact) mass is 687 g/mol. The van der Waals surface area contributed by atoms with Gasteiger partial charge in [-0.25, -0.2) is 40.1 Å². The van der Waals surface area contributed by atoms with Crippen LogP contribution in [-0.2, 0) is 12.4 Å². The summed E-state index contributed by atoms with van der Waals surface area (Å²) in [6, 6.07) is 6.53. The van der Waals surface area contributed by atoms with Crippen LogP contribution in [0.25, 0.3) is 16.7 Å². The van der Waals surface area contributed by atoms with Crippen molar-refractivity contribution in [2.24, 2.45) is 0 Å². The van der Waals surface area contributed by atoms with E-state index in [1.807, 2.05) is 0 Å². The molecule has 0 bridgehead atoms. The summed E-state index contributed by atoms with van der Waals surface area (Å²) in [5.74, 6) is -23.9. The number of aromatic nitrogens is 1. The fourth-order valence-electron chi connectivity index (χ4n) is 4.52. The number of alkyl halides is 6. The Labute approximate surface area is 256 Å². The maximum Gasteiger partial charge on any atom is 0.422 e. The van der Waals surface area contributed by atoms with E-state index in [9.17, 15) is 59.7 Å². The third kappa shape index (κ3) is 5.35. The van der Waals surface area contributed by atoms with Gasteiger partial charge in [0.25, 0.3) is 0 Å². The molecule has 5 nitrogen and oxygen atoms in total. The van der Waals surface area contributed by atoms with Gasteiger partial charge in [-0.05, 0) is 17.7 Å². The van der Waals surface area contributed by atoms with E-state index in [-0.39, 0.29) is 0 Å². The molecule has 4 rings (SSSR count). The molecule has 0 aliphatic heterocycles. The molecule has 0 saturated heterocycles. The summed E-state index contributed by atoms with van der Waals surface area (Å²) in [4.78, 5) is 3.56. The van der Waals surface area contributed by atoms with Crippen LogP contribution in [-0.4, -0.2) is 4.98 Å². The van der Waals surface area contributed by atoms with Crippen LogP contribution < -0.4 is 0 Å². The Kier molecular flexibility index (Phi) is 8.56. The number of allylic oxidation sites excluding steroid dienone is 6. The quantitative estimate of drug-likeness (QED) is 0.156. The molecule has 0 N–H and O–H groups in total. The van der Waals surface area contributed by atoms with Gasteiger partial charge in [-0.1, -0.05) is 0 Å². The second kappa shape index (κ2) is 11.9. The first-order valence-electron chi connectivity index (χ1n) is 12.0. The predicted molar refractivity (Wildman–Crippen MR) is 129 cm³/mol. The lowest BCUT2D eigenvalue weighted by Gasteiger charge is -2.14. The third-order valence-electron chi connectivity index (χ3n) is 6.53. The fourth-order valence-corrected chi connectivity index (χ4v) is 4.52. The molecule has 1 fully saturated rings. The first-order valence-corrected chi connectivity index (χ1v) is 12.0. The molecular formula is C29H3F14N5. The van der Waals surface area contributed by atoms with Crippen molar-refractivity contribution in [2.75, 3.05) is 0 Å². The van der Waals surface area contributed by atoms with Gasteiger partial charge in [0.15, 0.2) is 46.5 Å². The zero-order valence-electron chi connectivity index (χ0n) is 22.3. The van der Waals surface area contributed by atoms with Gasteiger partial charge in [0, 0.05) is 22.9 Å². The summed E-state index contributed by atoms with van der Waals surface area (Å²) in [5, 5.41) is 38.6. The van der Waals surface area contributed by atoms with Crippen molar-refractivity contribution in [3.63, 3.8) is 0 Å². The van der Waals surface area contributed by atoms with E-state index in [4.69, 9.17) is 5.26 Å². The van der Waals surface area contributed by atoms with E-state index in [1.165, 1.54) is 12.1 Å². The van der Waals surface area contributed by atoms with Crippen molar-refractivity contribution >= 4 is 16.7 Å². The van der Waals surface area contributed by atoms with Crippen LogP contribution in [0.15, 0.2) is 35.0 Å². The first kappa shape index (κ1) is 34.7. The first-order chi connectivity index (χ1) is 22.3. The highest BCUT2D eigenvalue weighted by Crippen LogP contribution is 2.57. The smallest absolute Gasteiger partial charge is 0.246 e. The van der Waals surface area contributed by atoms with Gasteiger partial charge in [-0.15, -0.1) is 0 Å². The highest BCUT2D eigenvalue weighted by Gasteiger charge is 2.48. The molecule has 3 aromatic rings. The van der Waals surface area contributed by atoms with Gasteiger partial charge in [-0.2, -0.15) is 47.4 Å². The molecule has 1 aromatic heterocycles. The standard InChI is InChI=1S/C29H3F14N5/c30-20-16(21(31)25(35)18(24(20)34)28(38,39)40)11(6-46)14-13(10(5-45)8-1-2-48-9(3-8)4-44)15(14)12(7-47)17-22(32)26(36)19(29(41,42)43)27(37)23(17)33/h1-3H/b13-10?,14-11-,15-12+. The Morgan fingerprint density at radius 1 is 0.521 bits per heavy atom. The summed E-state index contributed by atoms with van der Waals surface area (Å²) in [5.41, 5.74) is -19.6. The Morgan fingerprint density at radius 3 is 1.15 bits per heavy atom. The summed E-state index contributed by atoms with van der Waals surface area (Å²) < 4.78 is 197. The van der Waals surface area contributed by atoms with Crippen LogP contribution >= 0.6 is 0 Å². The van der Waals surface area contributed by atoms with Crippen LogP contribution in [0.1, 0.15) is 33.5 Å². The predicted octanol–water partition coefficient (Wildman–Crippen LogP) is 8.35. The molecule has 242 valence electrons. The minimum Gasteiger partial charge on any atom is -0.246 e. The second-order valence-corrected chi connectivity index (χ2v) is 9.13. The molecule has 2 aromatic carbocycles.